The summed E-state index contributed by atoms with van der Waals surface area (Å²) < 4.78 is 0. The molecular weight excluding hydrogens is 214 g/mol. The predicted molar refractivity (Wildman–Crippen MR) is 68.7 cm³/mol. The molecule has 2 aromatic rings. The van der Waals surface area contributed by atoms with Crippen molar-refractivity contribution in [3.8, 4) is 0 Å². The summed E-state index contributed by atoms with van der Waals surface area (Å²) in [5, 5.41) is 9.73. The molecule has 0 aliphatic heterocycles. The molecule has 0 amide bonds. The number of allylic oxidation sites excluding steroid dienone is 2. The number of H-pyrrole nitrogens is 1. The second-order valence-corrected chi connectivity index (χ2v) is 3.85. The highest BCUT2D eigenvalue weighted by Crippen LogP contribution is 2.19. The lowest BCUT2D eigenvalue weighted by molar-refractivity contribution is -0.131. The van der Waals surface area contributed by atoms with Gasteiger partial charge in [0.15, 0.2) is 0 Å². The largest absolute Gasteiger partial charge is 0.478 e. The van der Waals surface area contributed by atoms with Crippen LogP contribution < -0.4 is 0 Å². The van der Waals surface area contributed by atoms with Gasteiger partial charge in [-0.05, 0) is 24.1 Å². The summed E-state index contributed by atoms with van der Waals surface area (Å²) in [7, 11) is 0. The molecule has 0 radical (unpaired) electrons. The average Bonchev–Trinajstić information content (AvgIpc) is 2.69. The molecule has 0 aliphatic rings. The fraction of sp³-hybridized carbons (Fsp3) is 0.0714. The van der Waals surface area contributed by atoms with Crippen LogP contribution in [0.1, 0.15) is 12.5 Å². The molecule has 0 aliphatic carbocycles. The van der Waals surface area contributed by atoms with Crippen LogP contribution in [0.2, 0.25) is 0 Å². The molecule has 2 rings (SSSR count). The number of nitrogens with one attached hydrogen (secondary N) is 1. The highest BCUT2D eigenvalue weighted by atomic mass is 16.4. The number of aromatic amines is 1. The molecule has 0 saturated carbocycles. The van der Waals surface area contributed by atoms with Crippen LogP contribution in [-0.4, -0.2) is 16.1 Å². The molecule has 1 heterocycles. The number of hydrogen-bond donors (Lipinski definition) is 2. The Labute approximate surface area is 99.1 Å². The summed E-state index contributed by atoms with van der Waals surface area (Å²) in [5.74, 6) is -0.925. The summed E-state index contributed by atoms with van der Waals surface area (Å²) in [5.41, 5.74) is 2.84. The van der Waals surface area contributed by atoms with Crippen LogP contribution in [-0.2, 0) is 4.79 Å². The number of carboxylic acids is 1. The van der Waals surface area contributed by atoms with E-state index in [0.717, 1.165) is 16.5 Å². The zero-order chi connectivity index (χ0) is 12.3. The number of fused-ring (bicyclic) bond motifs is 1. The van der Waals surface area contributed by atoms with E-state index in [9.17, 15) is 4.79 Å². The molecule has 2 N–H and O–H groups in total. The molecule has 0 bridgehead atoms. The lowest BCUT2D eigenvalue weighted by atomic mass is 10.1. The maximum Gasteiger partial charge on any atom is 0.328 e. The van der Waals surface area contributed by atoms with Crippen molar-refractivity contribution in [2.24, 2.45) is 0 Å². The van der Waals surface area contributed by atoms with Gasteiger partial charge in [-0.2, -0.15) is 0 Å². The Balaban J connectivity index is 2.30. The van der Waals surface area contributed by atoms with Crippen molar-refractivity contribution in [1.29, 1.82) is 0 Å². The molecule has 1 aromatic carbocycles. The van der Waals surface area contributed by atoms with Crippen LogP contribution in [0.3, 0.4) is 0 Å². The van der Waals surface area contributed by atoms with Gasteiger partial charge in [-0.3, -0.25) is 0 Å². The van der Waals surface area contributed by atoms with Crippen molar-refractivity contribution in [3.63, 3.8) is 0 Å². The second kappa shape index (κ2) is 4.70. The van der Waals surface area contributed by atoms with Gasteiger partial charge in [0, 0.05) is 23.2 Å². The molecular formula is C14H13NO2. The Morgan fingerprint density at radius 2 is 2.12 bits per heavy atom. The number of benzene rings is 1. The van der Waals surface area contributed by atoms with Gasteiger partial charge in [-0.15, -0.1) is 0 Å². The highest BCUT2D eigenvalue weighted by Gasteiger charge is 1.98. The van der Waals surface area contributed by atoms with Crippen LogP contribution in [0.15, 0.2) is 48.2 Å². The first-order chi connectivity index (χ1) is 8.16. The van der Waals surface area contributed by atoms with E-state index in [2.05, 4.69) is 4.98 Å². The van der Waals surface area contributed by atoms with Crippen LogP contribution in [0.4, 0.5) is 0 Å². The smallest absolute Gasteiger partial charge is 0.328 e. The second-order valence-electron chi connectivity index (χ2n) is 3.85. The van der Waals surface area contributed by atoms with E-state index in [-0.39, 0.29) is 0 Å². The minimum Gasteiger partial charge on any atom is -0.478 e. The number of carboxylic acid groups (broad SMARTS) is 1. The summed E-state index contributed by atoms with van der Waals surface area (Å²) in [6.45, 7) is 1.76. The lowest BCUT2D eigenvalue weighted by Crippen LogP contribution is -1.87. The predicted octanol–water partition coefficient (Wildman–Crippen LogP) is 3.21. The molecule has 0 spiro atoms. The fourth-order valence-electron chi connectivity index (χ4n) is 1.70. The van der Waals surface area contributed by atoms with Gasteiger partial charge in [-0.25, -0.2) is 4.79 Å². The minimum atomic E-state index is -0.925. The Morgan fingerprint density at radius 3 is 2.88 bits per heavy atom. The number of aromatic nitrogens is 1. The quantitative estimate of drug-likeness (QED) is 0.625. The van der Waals surface area contributed by atoms with Crippen LogP contribution in [0, 0.1) is 0 Å². The summed E-state index contributed by atoms with van der Waals surface area (Å²) in [6.07, 6.45) is 6.80. The van der Waals surface area contributed by atoms with E-state index < -0.39 is 5.97 Å². The van der Waals surface area contributed by atoms with Gasteiger partial charge in [-0.1, -0.05) is 30.4 Å². The molecule has 86 valence electrons. The van der Waals surface area contributed by atoms with Crippen LogP contribution >= 0.6 is 0 Å². The molecule has 17 heavy (non-hydrogen) atoms. The molecule has 0 saturated heterocycles. The third-order valence-electron chi connectivity index (χ3n) is 2.50. The summed E-state index contributed by atoms with van der Waals surface area (Å²) >= 11 is 0. The average molecular weight is 227 g/mol. The van der Waals surface area contributed by atoms with E-state index in [0.29, 0.717) is 5.57 Å². The first-order valence-corrected chi connectivity index (χ1v) is 5.32. The Kier molecular flexibility index (Phi) is 3.10. The molecule has 3 nitrogen and oxygen atoms in total. The molecule has 3 heteroatoms. The van der Waals surface area contributed by atoms with Crippen molar-refractivity contribution < 1.29 is 9.90 Å². The van der Waals surface area contributed by atoms with Crippen molar-refractivity contribution in [2.45, 2.75) is 6.92 Å². The SMILES string of the molecule is CC(/C=C\c1c[nH]c2ccccc12)=C/C(=O)O. The molecule has 0 unspecified atom stereocenters. The third-order valence-corrected chi connectivity index (χ3v) is 2.50. The zero-order valence-corrected chi connectivity index (χ0v) is 9.47. The summed E-state index contributed by atoms with van der Waals surface area (Å²) in [6, 6.07) is 7.99. The van der Waals surface area contributed by atoms with Crippen LogP contribution in [0.25, 0.3) is 17.0 Å². The minimum absolute atomic E-state index is 0.711. The number of carbonyl (C=O) groups is 1. The molecule has 1 aromatic heterocycles. The van der Waals surface area contributed by atoms with Gasteiger partial charge in [0.1, 0.15) is 0 Å². The maximum atomic E-state index is 10.5. The standard InChI is InChI=1S/C14H13NO2/c1-10(8-14(16)17)6-7-11-9-15-13-5-3-2-4-12(11)13/h2-9,15H,1H3,(H,16,17)/b7-6-,10-8-. The maximum absolute atomic E-state index is 10.5. The van der Waals surface area contributed by atoms with E-state index in [1.807, 2.05) is 36.5 Å². The van der Waals surface area contributed by atoms with Crippen molar-refractivity contribution in [3.05, 3.63) is 53.8 Å². The normalized spacial score (nSPS) is 12.4. The zero-order valence-electron chi connectivity index (χ0n) is 9.47. The van der Waals surface area contributed by atoms with Gasteiger partial charge < -0.3 is 10.1 Å². The monoisotopic (exact) mass is 227 g/mol. The van der Waals surface area contributed by atoms with Gasteiger partial charge >= 0.3 is 5.97 Å². The number of rotatable bonds is 3. The lowest BCUT2D eigenvalue weighted by Gasteiger charge is -1.92. The number of para-hydroxylation sites is 1. The third kappa shape index (κ3) is 2.64. The topological polar surface area (TPSA) is 53.1 Å². The van der Waals surface area contributed by atoms with Crippen molar-refractivity contribution in [1.82, 2.24) is 4.98 Å². The van der Waals surface area contributed by atoms with E-state index in [1.54, 1.807) is 13.0 Å². The van der Waals surface area contributed by atoms with E-state index >= 15 is 0 Å². The van der Waals surface area contributed by atoms with E-state index in [4.69, 9.17) is 5.11 Å². The van der Waals surface area contributed by atoms with Crippen molar-refractivity contribution in [2.75, 3.05) is 0 Å². The fourth-order valence-corrected chi connectivity index (χ4v) is 1.70. The number of aliphatic carboxylic acids is 1. The highest BCUT2D eigenvalue weighted by molar-refractivity contribution is 5.89. The van der Waals surface area contributed by atoms with Crippen molar-refractivity contribution >= 4 is 22.9 Å². The Bertz CT molecular complexity index is 605. The first-order valence-electron chi connectivity index (χ1n) is 5.32. The van der Waals surface area contributed by atoms with Gasteiger partial charge in [0.05, 0.1) is 0 Å². The van der Waals surface area contributed by atoms with Crippen LogP contribution in [0.5, 0.6) is 0 Å². The molecule has 0 fully saturated rings. The Morgan fingerprint density at radius 1 is 1.35 bits per heavy atom. The number of hydrogen-bond acceptors (Lipinski definition) is 1. The van der Waals surface area contributed by atoms with Gasteiger partial charge in [0.2, 0.25) is 0 Å². The molecule has 0 atom stereocenters. The van der Waals surface area contributed by atoms with Gasteiger partial charge in [0.25, 0.3) is 0 Å². The Hall–Kier alpha value is -2.29. The summed E-state index contributed by atoms with van der Waals surface area (Å²) in [4.78, 5) is 13.6. The first kappa shape index (κ1) is 11.2. The van der Waals surface area contributed by atoms with E-state index in [1.165, 1.54) is 6.08 Å².